The second-order valence-electron chi connectivity index (χ2n) is 5.98. The summed E-state index contributed by atoms with van der Waals surface area (Å²) in [5, 5.41) is 6.70. The predicted octanol–water partition coefficient (Wildman–Crippen LogP) is 3.17. The first kappa shape index (κ1) is 19.5. The van der Waals surface area contributed by atoms with Crippen molar-refractivity contribution in [1.29, 1.82) is 0 Å². The number of rotatable bonds is 5. The summed E-state index contributed by atoms with van der Waals surface area (Å²) in [6.45, 7) is 3.72. The normalized spacial score (nSPS) is 14.1. The number of nitrogens with one attached hydrogen (secondary N) is 2. The van der Waals surface area contributed by atoms with Gasteiger partial charge in [0.2, 0.25) is 0 Å². The summed E-state index contributed by atoms with van der Waals surface area (Å²) in [5.41, 5.74) is 2.45. The topological polar surface area (TPSA) is 52.6 Å². The number of guanidine groups is 1. The molecular weight excluding hydrogens is 425 g/mol. The van der Waals surface area contributed by atoms with Gasteiger partial charge in [0.05, 0.1) is 0 Å². The highest BCUT2D eigenvalue weighted by molar-refractivity contribution is 14.0. The van der Waals surface area contributed by atoms with Crippen molar-refractivity contribution in [2.75, 3.05) is 25.0 Å². The average Bonchev–Trinajstić information content (AvgIpc) is 3.18. The van der Waals surface area contributed by atoms with E-state index in [9.17, 15) is 0 Å². The maximum atomic E-state index is 4.50. The number of halogens is 1. The Balaban J connectivity index is 0.00000225. The number of hydrogen-bond donors (Lipinski definition) is 2. The van der Waals surface area contributed by atoms with Gasteiger partial charge in [-0.1, -0.05) is 30.3 Å². The lowest BCUT2D eigenvalue weighted by atomic mass is 10.2. The van der Waals surface area contributed by atoms with Crippen molar-refractivity contribution in [3.8, 4) is 0 Å². The van der Waals surface area contributed by atoms with Gasteiger partial charge in [0.25, 0.3) is 0 Å². The number of nitrogens with zero attached hydrogens (tertiary/aromatic N) is 3. The average molecular weight is 451 g/mol. The van der Waals surface area contributed by atoms with E-state index in [4.69, 9.17) is 0 Å². The molecule has 1 aromatic carbocycles. The van der Waals surface area contributed by atoms with E-state index in [1.807, 2.05) is 24.4 Å². The number of anilines is 1. The van der Waals surface area contributed by atoms with Crippen LogP contribution in [0.2, 0.25) is 0 Å². The zero-order valence-corrected chi connectivity index (χ0v) is 16.9. The molecule has 3 rings (SSSR count). The molecule has 1 aliphatic heterocycles. The summed E-state index contributed by atoms with van der Waals surface area (Å²) in [6, 6.07) is 14.5. The second-order valence-corrected chi connectivity index (χ2v) is 5.98. The number of aromatic nitrogens is 1. The number of pyridine rings is 1. The van der Waals surface area contributed by atoms with Crippen molar-refractivity contribution in [1.82, 2.24) is 15.6 Å². The van der Waals surface area contributed by atoms with E-state index in [1.165, 1.54) is 24.0 Å². The first-order valence-electron chi connectivity index (χ1n) is 8.53. The molecule has 0 aliphatic carbocycles. The molecule has 5 nitrogen and oxygen atoms in total. The highest BCUT2D eigenvalue weighted by Gasteiger charge is 2.13. The van der Waals surface area contributed by atoms with Gasteiger partial charge in [-0.05, 0) is 36.1 Å². The van der Waals surface area contributed by atoms with Crippen molar-refractivity contribution in [2.45, 2.75) is 25.9 Å². The summed E-state index contributed by atoms with van der Waals surface area (Å²) < 4.78 is 0. The Morgan fingerprint density at radius 2 is 1.72 bits per heavy atom. The zero-order chi connectivity index (χ0) is 16.6. The third-order valence-electron chi connectivity index (χ3n) is 4.23. The third-order valence-corrected chi connectivity index (χ3v) is 4.23. The Morgan fingerprint density at radius 3 is 2.40 bits per heavy atom. The summed E-state index contributed by atoms with van der Waals surface area (Å²) in [5.74, 6) is 1.89. The van der Waals surface area contributed by atoms with Crippen LogP contribution in [0.25, 0.3) is 0 Å². The number of aliphatic imine (C=N–C) groups is 1. The Labute approximate surface area is 167 Å². The molecule has 0 radical (unpaired) electrons. The summed E-state index contributed by atoms with van der Waals surface area (Å²) in [6.07, 6.45) is 4.42. The largest absolute Gasteiger partial charge is 0.357 e. The lowest BCUT2D eigenvalue weighted by Crippen LogP contribution is -2.36. The van der Waals surface area contributed by atoms with Crippen LogP contribution in [0, 0.1) is 0 Å². The summed E-state index contributed by atoms with van der Waals surface area (Å²) >= 11 is 0. The fourth-order valence-electron chi connectivity index (χ4n) is 2.88. The van der Waals surface area contributed by atoms with E-state index >= 15 is 0 Å². The SMILES string of the molecule is CN=C(NCc1ccccc1)NCc1ccnc(N2CCCC2)c1.I. The van der Waals surface area contributed by atoms with Crippen LogP contribution in [0.3, 0.4) is 0 Å². The predicted molar refractivity (Wildman–Crippen MR) is 115 cm³/mol. The second kappa shape index (κ2) is 10.2. The lowest BCUT2D eigenvalue weighted by molar-refractivity contribution is 0.806. The Hall–Kier alpha value is -1.83. The van der Waals surface area contributed by atoms with Crippen molar-refractivity contribution in [2.24, 2.45) is 4.99 Å². The Morgan fingerprint density at radius 1 is 1.04 bits per heavy atom. The van der Waals surface area contributed by atoms with E-state index < -0.39 is 0 Å². The monoisotopic (exact) mass is 451 g/mol. The molecule has 1 fully saturated rings. The fraction of sp³-hybridized carbons (Fsp3) is 0.368. The van der Waals surface area contributed by atoms with Gasteiger partial charge in [-0.25, -0.2) is 4.98 Å². The van der Waals surface area contributed by atoms with E-state index in [1.54, 1.807) is 7.05 Å². The fourth-order valence-corrected chi connectivity index (χ4v) is 2.88. The molecule has 0 spiro atoms. The molecule has 2 aromatic rings. The van der Waals surface area contributed by atoms with Crippen LogP contribution in [-0.2, 0) is 13.1 Å². The molecule has 1 aliphatic rings. The molecule has 0 unspecified atom stereocenters. The Kier molecular flexibility index (Phi) is 7.97. The molecule has 1 saturated heterocycles. The van der Waals surface area contributed by atoms with Crippen LogP contribution in [0.15, 0.2) is 53.7 Å². The van der Waals surface area contributed by atoms with Gasteiger partial charge in [-0.15, -0.1) is 24.0 Å². The van der Waals surface area contributed by atoms with E-state index in [0.717, 1.165) is 38.0 Å². The number of hydrogen-bond acceptors (Lipinski definition) is 3. The molecule has 6 heteroatoms. The maximum absolute atomic E-state index is 4.50. The van der Waals surface area contributed by atoms with Gasteiger partial charge in [0.15, 0.2) is 5.96 Å². The minimum absolute atomic E-state index is 0. The molecule has 2 heterocycles. The molecule has 0 amide bonds. The van der Waals surface area contributed by atoms with Gasteiger partial charge < -0.3 is 15.5 Å². The third kappa shape index (κ3) is 5.88. The molecule has 0 bridgehead atoms. The van der Waals surface area contributed by atoms with Gasteiger partial charge >= 0.3 is 0 Å². The van der Waals surface area contributed by atoms with Crippen LogP contribution < -0.4 is 15.5 Å². The molecule has 134 valence electrons. The minimum Gasteiger partial charge on any atom is -0.357 e. The quantitative estimate of drug-likeness (QED) is 0.417. The summed E-state index contributed by atoms with van der Waals surface area (Å²) in [7, 11) is 1.79. The molecule has 2 N–H and O–H groups in total. The highest BCUT2D eigenvalue weighted by Crippen LogP contribution is 2.18. The molecule has 1 aromatic heterocycles. The standard InChI is InChI=1S/C19H25N5.HI/c1-20-19(22-14-16-7-3-2-4-8-16)23-15-17-9-10-21-18(13-17)24-11-5-6-12-24;/h2-4,7-10,13H,5-6,11-12,14-15H2,1H3,(H2,20,22,23);1H. The molecule has 0 saturated carbocycles. The molecule has 0 atom stereocenters. The zero-order valence-electron chi connectivity index (χ0n) is 14.6. The number of benzene rings is 1. The van der Waals surface area contributed by atoms with Gasteiger partial charge in [-0.3, -0.25) is 4.99 Å². The van der Waals surface area contributed by atoms with Crippen molar-refractivity contribution in [3.05, 3.63) is 59.8 Å². The van der Waals surface area contributed by atoms with Crippen LogP contribution in [0.5, 0.6) is 0 Å². The van der Waals surface area contributed by atoms with Crippen LogP contribution >= 0.6 is 24.0 Å². The first-order valence-corrected chi connectivity index (χ1v) is 8.53. The first-order chi connectivity index (χ1) is 11.8. The van der Waals surface area contributed by atoms with Crippen LogP contribution in [0.1, 0.15) is 24.0 Å². The molecule has 25 heavy (non-hydrogen) atoms. The van der Waals surface area contributed by atoms with Crippen molar-refractivity contribution in [3.63, 3.8) is 0 Å². The Bertz CT molecular complexity index is 669. The van der Waals surface area contributed by atoms with E-state index in [-0.39, 0.29) is 24.0 Å². The van der Waals surface area contributed by atoms with E-state index in [2.05, 4.69) is 49.8 Å². The maximum Gasteiger partial charge on any atom is 0.191 e. The van der Waals surface area contributed by atoms with Gasteiger partial charge in [0, 0.05) is 39.4 Å². The van der Waals surface area contributed by atoms with Crippen molar-refractivity contribution < 1.29 is 0 Å². The van der Waals surface area contributed by atoms with Crippen molar-refractivity contribution >= 4 is 35.8 Å². The van der Waals surface area contributed by atoms with E-state index in [0.29, 0.717) is 0 Å². The smallest absolute Gasteiger partial charge is 0.191 e. The van der Waals surface area contributed by atoms with Crippen LogP contribution in [0.4, 0.5) is 5.82 Å². The molecular formula is C19H26IN5. The summed E-state index contributed by atoms with van der Waals surface area (Å²) in [4.78, 5) is 11.1. The van der Waals surface area contributed by atoms with Crippen LogP contribution in [-0.4, -0.2) is 31.1 Å². The van der Waals surface area contributed by atoms with Gasteiger partial charge in [0.1, 0.15) is 5.82 Å². The lowest BCUT2D eigenvalue weighted by Gasteiger charge is -2.17. The van der Waals surface area contributed by atoms with Gasteiger partial charge in [-0.2, -0.15) is 0 Å². The minimum atomic E-state index is 0. The highest BCUT2D eigenvalue weighted by atomic mass is 127.